The molecule has 0 radical (unpaired) electrons. The van der Waals surface area contributed by atoms with Gasteiger partial charge < -0.3 is 9.15 Å². The van der Waals surface area contributed by atoms with Gasteiger partial charge in [0.05, 0.1) is 7.11 Å². The van der Waals surface area contributed by atoms with Gasteiger partial charge in [-0.2, -0.15) is 0 Å². The summed E-state index contributed by atoms with van der Waals surface area (Å²) in [6, 6.07) is 0.471. The number of aryl methyl sites for hydroxylation is 1. The summed E-state index contributed by atoms with van der Waals surface area (Å²) in [7, 11) is 1.47. The minimum atomic E-state index is -0.541. The van der Waals surface area contributed by atoms with E-state index in [1.54, 1.807) is 18.7 Å². The van der Waals surface area contributed by atoms with Crippen LogP contribution in [0.5, 0.6) is 0 Å². The molecule has 2 fully saturated rings. The van der Waals surface area contributed by atoms with Crippen molar-refractivity contribution in [2.75, 3.05) is 7.11 Å². The highest BCUT2D eigenvalue weighted by atomic mass is 32.2. The van der Waals surface area contributed by atoms with Crippen molar-refractivity contribution in [3.05, 3.63) is 5.89 Å². The third-order valence-corrected chi connectivity index (χ3v) is 5.22. The molecule has 0 saturated heterocycles. The molecular formula is C14H21N3O3S. The van der Waals surface area contributed by atoms with Crippen LogP contribution in [0.3, 0.4) is 0 Å². The molecule has 0 aromatic carbocycles. The Balaban J connectivity index is 1.70. The molecule has 3 rings (SSSR count). The monoisotopic (exact) mass is 311 g/mol. The number of rotatable bonds is 5. The first kappa shape index (κ1) is 14.8. The van der Waals surface area contributed by atoms with Gasteiger partial charge in [-0.1, -0.05) is 11.8 Å². The van der Waals surface area contributed by atoms with Gasteiger partial charge in [0.15, 0.2) is 0 Å². The second-order valence-electron chi connectivity index (χ2n) is 5.92. The smallest absolute Gasteiger partial charge is 0.326 e. The van der Waals surface area contributed by atoms with Crippen LogP contribution in [-0.2, 0) is 9.53 Å². The molecule has 6 nitrogen and oxygen atoms in total. The number of hydrogen-bond donors (Lipinski definition) is 1. The molecule has 2 aliphatic rings. The Morgan fingerprint density at radius 2 is 2.24 bits per heavy atom. The van der Waals surface area contributed by atoms with Crippen molar-refractivity contribution in [2.45, 2.75) is 67.5 Å². The molecule has 116 valence electrons. The third-order valence-electron chi connectivity index (χ3n) is 4.11. The maximum atomic E-state index is 12.3. The fourth-order valence-corrected chi connectivity index (χ4v) is 4.18. The van der Waals surface area contributed by atoms with Crippen LogP contribution in [0.4, 0.5) is 0 Å². The third kappa shape index (κ3) is 3.40. The van der Waals surface area contributed by atoms with E-state index in [0.717, 1.165) is 38.5 Å². The molecule has 1 aromatic heterocycles. The van der Waals surface area contributed by atoms with E-state index in [-0.39, 0.29) is 5.97 Å². The van der Waals surface area contributed by atoms with Crippen LogP contribution in [0.2, 0.25) is 0 Å². The molecule has 0 spiro atoms. The molecule has 1 heterocycles. The zero-order valence-electron chi connectivity index (χ0n) is 12.4. The number of aromatic nitrogens is 2. The number of ether oxygens (including phenoxy) is 1. The highest BCUT2D eigenvalue weighted by Gasteiger charge is 2.47. The summed E-state index contributed by atoms with van der Waals surface area (Å²) in [6.07, 6.45) is 5.95. The Kier molecular flexibility index (Phi) is 4.21. The predicted octanol–water partition coefficient (Wildman–Crippen LogP) is 2.08. The number of hydrogen-bond acceptors (Lipinski definition) is 7. The number of nitrogens with zero attached hydrogens (tertiary/aromatic N) is 2. The Morgan fingerprint density at radius 1 is 1.43 bits per heavy atom. The van der Waals surface area contributed by atoms with Crippen LogP contribution in [0.1, 0.15) is 44.4 Å². The van der Waals surface area contributed by atoms with E-state index in [9.17, 15) is 4.79 Å². The average molecular weight is 311 g/mol. The van der Waals surface area contributed by atoms with Crippen LogP contribution in [0, 0.1) is 6.92 Å². The molecule has 1 aromatic rings. The molecule has 2 unspecified atom stereocenters. The largest absolute Gasteiger partial charge is 0.468 e. The maximum absolute atomic E-state index is 12.3. The first-order chi connectivity index (χ1) is 10.1. The standard InChI is InChI=1S/C14H21N3O3S/c1-9-16-17-13(20-9)21-11-4-3-7-14(8-11,12(18)19-2)15-10-5-6-10/h10-11,15H,3-8H2,1-2H3. The summed E-state index contributed by atoms with van der Waals surface area (Å²) >= 11 is 1.57. The van der Waals surface area contributed by atoms with Gasteiger partial charge in [0.2, 0.25) is 5.89 Å². The van der Waals surface area contributed by atoms with Crippen molar-refractivity contribution in [1.29, 1.82) is 0 Å². The van der Waals surface area contributed by atoms with Gasteiger partial charge in [0, 0.05) is 18.2 Å². The lowest BCUT2D eigenvalue weighted by Crippen LogP contribution is -2.56. The average Bonchev–Trinajstić information content (AvgIpc) is 3.19. The van der Waals surface area contributed by atoms with Crippen LogP contribution < -0.4 is 5.32 Å². The van der Waals surface area contributed by atoms with Crippen LogP contribution in [0.15, 0.2) is 9.64 Å². The maximum Gasteiger partial charge on any atom is 0.326 e. The zero-order chi connectivity index (χ0) is 14.9. The van der Waals surface area contributed by atoms with Crippen molar-refractivity contribution in [2.24, 2.45) is 0 Å². The van der Waals surface area contributed by atoms with E-state index in [1.807, 2.05) is 0 Å². The van der Waals surface area contributed by atoms with Gasteiger partial charge in [-0.3, -0.25) is 10.1 Å². The van der Waals surface area contributed by atoms with E-state index in [1.165, 1.54) is 7.11 Å². The van der Waals surface area contributed by atoms with Gasteiger partial charge >= 0.3 is 5.97 Å². The summed E-state index contributed by atoms with van der Waals surface area (Å²) < 4.78 is 10.5. The van der Waals surface area contributed by atoms with Gasteiger partial charge in [0.1, 0.15) is 5.54 Å². The van der Waals surface area contributed by atoms with Crippen molar-refractivity contribution in [3.8, 4) is 0 Å². The number of thioether (sulfide) groups is 1. The molecule has 0 amide bonds. The molecule has 7 heteroatoms. The Hall–Kier alpha value is -1.08. The fraction of sp³-hybridized carbons (Fsp3) is 0.786. The Morgan fingerprint density at radius 3 is 2.86 bits per heavy atom. The number of nitrogens with one attached hydrogen (secondary N) is 1. The van der Waals surface area contributed by atoms with Gasteiger partial charge in [-0.15, -0.1) is 10.2 Å². The summed E-state index contributed by atoms with van der Waals surface area (Å²) in [4.78, 5) is 12.3. The summed E-state index contributed by atoms with van der Waals surface area (Å²) in [5, 5.41) is 12.3. The van der Waals surface area contributed by atoms with E-state index in [0.29, 0.717) is 22.4 Å². The number of esters is 1. The van der Waals surface area contributed by atoms with E-state index >= 15 is 0 Å². The zero-order valence-corrected chi connectivity index (χ0v) is 13.2. The molecular weight excluding hydrogens is 290 g/mol. The summed E-state index contributed by atoms with van der Waals surface area (Å²) in [5.41, 5.74) is -0.541. The van der Waals surface area contributed by atoms with Crippen LogP contribution in [-0.4, -0.2) is 40.1 Å². The lowest BCUT2D eigenvalue weighted by Gasteiger charge is -2.38. The first-order valence-corrected chi connectivity index (χ1v) is 8.32. The quantitative estimate of drug-likeness (QED) is 0.834. The van der Waals surface area contributed by atoms with Gasteiger partial charge in [-0.05, 0) is 38.5 Å². The second-order valence-corrected chi connectivity index (χ2v) is 7.17. The first-order valence-electron chi connectivity index (χ1n) is 7.44. The Labute approximate surface area is 128 Å². The SMILES string of the molecule is COC(=O)C1(NC2CC2)CCCC(Sc2nnc(C)o2)C1. The highest BCUT2D eigenvalue weighted by molar-refractivity contribution is 7.99. The van der Waals surface area contributed by atoms with Crippen LogP contribution in [0.25, 0.3) is 0 Å². The van der Waals surface area contributed by atoms with Crippen molar-refractivity contribution < 1.29 is 13.9 Å². The van der Waals surface area contributed by atoms with Crippen molar-refractivity contribution in [3.63, 3.8) is 0 Å². The van der Waals surface area contributed by atoms with Crippen molar-refractivity contribution in [1.82, 2.24) is 15.5 Å². The lowest BCUT2D eigenvalue weighted by atomic mass is 9.81. The van der Waals surface area contributed by atoms with Crippen LogP contribution >= 0.6 is 11.8 Å². The summed E-state index contributed by atoms with van der Waals surface area (Å²) in [5.74, 6) is 0.435. The number of carbonyl (C=O) groups excluding carboxylic acids is 1. The molecule has 21 heavy (non-hydrogen) atoms. The molecule has 2 atom stereocenters. The fourth-order valence-electron chi connectivity index (χ4n) is 2.98. The normalized spacial score (nSPS) is 29.3. The topological polar surface area (TPSA) is 77.2 Å². The van der Waals surface area contributed by atoms with E-state index in [4.69, 9.17) is 9.15 Å². The second kappa shape index (κ2) is 5.96. The predicted molar refractivity (Wildman–Crippen MR) is 78.1 cm³/mol. The lowest BCUT2D eigenvalue weighted by molar-refractivity contribution is -0.150. The molecule has 1 N–H and O–H groups in total. The van der Waals surface area contributed by atoms with Crippen molar-refractivity contribution >= 4 is 17.7 Å². The summed E-state index contributed by atoms with van der Waals surface area (Å²) in [6.45, 7) is 1.78. The minimum Gasteiger partial charge on any atom is -0.468 e. The Bertz CT molecular complexity index is 517. The van der Waals surface area contributed by atoms with E-state index in [2.05, 4.69) is 15.5 Å². The highest BCUT2D eigenvalue weighted by Crippen LogP contribution is 2.40. The molecule has 0 bridgehead atoms. The number of carbonyl (C=O) groups is 1. The molecule has 2 aliphatic carbocycles. The van der Waals surface area contributed by atoms with Gasteiger partial charge in [-0.25, -0.2) is 0 Å². The molecule has 2 saturated carbocycles. The molecule has 0 aliphatic heterocycles. The van der Waals surface area contributed by atoms with Gasteiger partial charge in [0.25, 0.3) is 5.22 Å². The number of methoxy groups -OCH3 is 1. The minimum absolute atomic E-state index is 0.138. The van der Waals surface area contributed by atoms with E-state index < -0.39 is 5.54 Å².